The third-order valence-electron chi connectivity index (χ3n) is 5.44. The minimum atomic E-state index is -0.849. The fourth-order valence-electron chi connectivity index (χ4n) is 3.84. The van der Waals surface area contributed by atoms with Crippen molar-refractivity contribution in [1.82, 2.24) is 10.3 Å². The summed E-state index contributed by atoms with van der Waals surface area (Å²) < 4.78 is 27.2. The van der Waals surface area contributed by atoms with Crippen LogP contribution in [-0.4, -0.2) is 53.9 Å². The highest BCUT2D eigenvalue weighted by molar-refractivity contribution is 6.01. The summed E-state index contributed by atoms with van der Waals surface area (Å²) >= 11 is 0. The number of hydrogen-bond donors (Lipinski definition) is 3. The number of halogens is 2. The van der Waals surface area contributed by atoms with Gasteiger partial charge < -0.3 is 25.5 Å². The molecule has 1 aromatic carbocycles. The number of benzene rings is 1. The van der Waals surface area contributed by atoms with Crippen LogP contribution >= 0.6 is 0 Å². The number of alkyl halides is 1. The molecular formula is C21H23F2N5O3. The smallest absolute Gasteiger partial charge is 0.319 e. The number of amides is 3. The standard InChI is InChI=1S/C21H23F2N5O3/c22-13-7-9-27(12-13)19-6-3-14(11-24-19)28-8-1-2-18(20(28)30)26-21(31)25-17-5-4-15(29)10-16(17)23/h3-6,10-11,13,18,29H,1-2,7-9,12H2,(H2,25,26,31)/t13-,18-/m1/s1. The van der Waals surface area contributed by atoms with E-state index < -0.39 is 24.1 Å². The van der Waals surface area contributed by atoms with Crippen LogP contribution in [0, 0.1) is 5.82 Å². The summed E-state index contributed by atoms with van der Waals surface area (Å²) in [5, 5.41) is 14.2. The van der Waals surface area contributed by atoms with Crippen LogP contribution in [0.25, 0.3) is 0 Å². The van der Waals surface area contributed by atoms with Gasteiger partial charge in [-0.05, 0) is 43.5 Å². The Morgan fingerprint density at radius 3 is 2.71 bits per heavy atom. The van der Waals surface area contributed by atoms with Crippen LogP contribution in [-0.2, 0) is 4.79 Å². The number of phenols is 1. The fourth-order valence-corrected chi connectivity index (χ4v) is 3.84. The van der Waals surface area contributed by atoms with Gasteiger partial charge in [0.1, 0.15) is 29.6 Å². The molecule has 8 nitrogen and oxygen atoms in total. The van der Waals surface area contributed by atoms with Crippen molar-refractivity contribution in [2.45, 2.75) is 31.5 Å². The third kappa shape index (κ3) is 4.68. The van der Waals surface area contributed by atoms with Gasteiger partial charge in [0, 0.05) is 19.2 Å². The number of aromatic hydroxyl groups is 1. The quantitative estimate of drug-likeness (QED) is 0.647. The first-order valence-corrected chi connectivity index (χ1v) is 10.1. The molecular weight excluding hydrogens is 408 g/mol. The zero-order valence-electron chi connectivity index (χ0n) is 16.7. The molecule has 0 bridgehead atoms. The molecule has 10 heteroatoms. The average molecular weight is 431 g/mol. The Morgan fingerprint density at radius 1 is 1.19 bits per heavy atom. The van der Waals surface area contributed by atoms with Crippen molar-refractivity contribution in [3.05, 3.63) is 42.3 Å². The zero-order valence-corrected chi connectivity index (χ0v) is 16.7. The van der Waals surface area contributed by atoms with Crippen LogP contribution in [0.4, 0.5) is 30.8 Å². The molecule has 2 saturated heterocycles. The molecule has 0 unspecified atom stereocenters. The van der Waals surface area contributed by atoms with Gasteiger partial charge in [-0.25, -0.2) is 18.6 Å². The number of aromatic nitrogens is 1. The van der Waals surface area contributed by atoms with Crippen LogP contribution in [0.2, 0.25) is 0 Å². The van der Waals surface area contributed by atoms with E-state index in [4.69, 9.17) is 0 Å². The highest BCUT2D eigenvalue weighted by Crippen LogP contribution is 2.25. The Morgan fingerprint density at radius 2 is 2.03 bits per heavy atom. The van der Waals surface area contributed by atoms with Gasteiger partial charge >= 0.3 is 6.03 Å². The van der Waals surface area contributed by atoms with E-state index in [0.29, 0.717) is 50.4 Å². The summed E-state index contributed by atoms with van der Waals surface area (Å²) in [5.41, 5.74) is 0.494. The number of hydrogen-bond acceptors (Lipinski definition) is 5. The highest BCUT2D eigenvalue weighted by Gasteiger charge is 2.31. The summed E-state index contributed by atoms with van der Waals surface area (Å²) in [6.07, 6.45) is 2.34. The molecule has 1 aromatic heterocycles. The molecule has 0 saturated carbocycles. The van der Waals surface area contributed by atoms with Crippen molar-refractivity contribution in [2.24, 2.45) is 0 Å². The average Bonchev–Trinajstić information content (AvgIpc) is 3.18. The van der Waals surface area contributed by atoms with Crippen molar-refractivity contribution >= 4 is 29.1 Å². The van der Waals surface area contributed by atoms with Crippen LogP contribution in [0.1, 0.15) is 19.3 Å². The predicted molar refractivity (Wildman–Crippen MR) is 112 cm³/mol. The number of rotatable bonds is 4. The number of nitrogens with zero attached hydrogens (tertiary/aromatic N) is 3. The lowest BCUT2D eigenvalue weighted by molar-refractivity contribution is -0.121. The first kappa shape index (κ1) is 20.8. The molecule has 31 heavy (non-hydrogen) atoms. The Bertz CT molecular complexity index is 972. The van der Waals surface area contributed by atoms with Gasteiger partial charge in [0.15, 0.2) is 0 Å². The maximum absolute atomic E-state index is 13.8. The largest absolute Gasteiger partial charge is 0.508 e. The summed E-state index contributed by atoms with van der Waals surface area (Å²) in [6.45, 7) is 1.42. The van der Waals surface area contributed by atoms with Crippen molar-refractivity contribution < 1.29 is 23.5 Å². The molecule has 3 amide bonds. The molecule has 0 aliphatic carbocycles. The van der Waals surface area contributed by atoms with E-state index in [1.165, 1.54) is 12.1 Å². The SMILES string of the molecule is O=C(Nc1ccc(O)cc1F)N[C@@H]1CCCN(c2ccc(N3CC[C@@H](F)C3)nc2)C1=O. The molecule has 4 rings (SSSR count). The lowest BCUT2D eigenvalue weighted by Gasteiger charge is -2.32. The highest BCUT2D eigenvalue weighted by atomic mass is 19.1. The second-order valence-electron chi connectivity index (χ2n) is 7.65. The summed E-state index contributed by atoms with van der Waals surface area (Å²) in [4.78, 5) is 32.9. The minimum Gasteiger partial charge on any atom is -0.508 e. The van der Waals surface area contributed by atoms with Crippen LogP contribution in [0.5, 0.6) is 5.75 Å². The molecule has 2 aliphatic rings. The number of piperidine rings is 1. The summed E-state index contributed by atoms with van der Waals surface area (Å²) in [7, 11) is 0. The molecule has 2 atom stereocenters. The molecule has 3 heterocycles. The number of carbonyl (C=O) groups excluding carboxylic acids is 2. The van der Waals surface area contributed by atoms with E-state index in [1.54, 1.807) is 23.2 Å². The Labute approximate surface area is 177 Å². The number of urea groups is 1. The molecule has 0 spiro atoms. The Kier molecular flexibility index (Phi) is 5.88. The van der Waals surface area contributed by atoms with Crippen LogP contribution in [0.15, 0.2) is 36.5 Å². The Balaban J connectivity index is 1.39. The van der Waals surface area contributed by atoms with Crippen LogP contribution < -0.4 is 20.4 Å². The third-order valence-corrected chi connectivity index (χ3v) is 5.44. The molecule has 2 fully saturated rings. The van der Waals surface area contributed by atoms with E-state index in [0.717, 1.165) is 6.07 Å². The van der Waals surface area contributed by atoms with Gasteiger partial charge in [0.05, 0.1) is 24.1 Å². The number of anilines is 3. The number of pyridine rings is 1. The molecule has 2 aliphatic heterocycles. The minimum absolute atomic E-state index is 0.104. The van der Waals surface area contributed by atoms with Gasteiger partial charge in [-0.1, -0.05) is 0 Å². The topological polar surface area (TPSA) is 97.8 Å². The predicted octanol–water partition coefficient (Wildman–Crippen LogP) is 2.79. The zero-order chi connectivity index (χ0) is 22.0. The van der Waals surface area contributed by atoms with E-state index in [2.05, 4.69) is 15.6 Å². The van der Waals surface area contributed by atoms with Gasteiger partial charge in [0.25, 0.3) is 0 Å². The van der Waals surface area contributed by atoms with Gasteiger partial charge in [0.2, 0.25) is 5.91 Å². The molecule has 2 aromatic rings. The first-order valence-electron chi connectivity index (χ1n) is 10.1. The lowest BCUT2D eigenvalue weighted by Crippen LogP contribution is -2.53. The van der Waals surface area contributed by atoms with Gasteiger partial charge in [-0.15, -0.1) is 0 Å². The van der Waals surface area contributed by atoms with Crippen molar-refractivity contribution in [3.63, 3.8) is 0 Å². The summed E-state index contributed by atoms with van der Waals surface area (Å²) in [5.74, 6) is -0.657. The first-order chi connectivity index (χ1) is 14.9. The molecule has 0 radical (unpaired) electrons. The second-order valence-corrected chi connectivity index (χ2v) is 7.65. The van der Waals surface area contributed by atoms with Gasteiger partial charge in [-0.3, -0.25) is 4.79 Å². The number of nitrogens with one attached hydrogen (secondary N) is 2. The summed E-state index contributed by atoms with van der Waals surface area (Å²) in [6, 6.07) is 5.41. The second kappa shape index (κ2) is 8.75. The van der Waals surface area contributed by atoms with E-state index in [1.807, 2.05) is 4.90 Å². The number of carbonyl (C=O) groups is 2. The van der Waals surface area contributed by atoms with Crippen molar-refractivity contribution in [3.8, 4) is 5.75 Å². The molecule has 164 valence electrons. The maximum Gasteiger partial charge on any atom is 0.319 e. The van der Waals surface area contributed by atoms with E-state index >= 15 is 0 Å². The van der Waals surface area contributed by atoms with E-state index in [9.17, 15) is 23.5 Å². The maximum atomic E-state index is 13.8. The number of phenolic OH excluding ortho intramolecular Hbond substituents is 1. The van der Waals surface area contributed by atoms with Crippen molar-refractivity contribution in [1.29, 1.82) is 0 Å². The Hall–Kier alpha value is -3.43. The van der Waals surface area contributed by atoms with Crippen molar-refractivity contribution in [2.75, 3.05) is 34.8 Å². The van der Waals surface area contributed by atoms with Crippen LogP contribution in [0.3, 0.4) is 0 Å². The van der Waals surface area contributed by atoms with Gasteiger partial charge in [-0.2, -0.15) is 0 Å². The lowest BCUT2D eigenvalue weighted by atomic mass is 10.0. The fraction of sp³-hybridized carbons (Fsp3) is 0.381. The van der Waals surface area contributed by atoms with E-state index in [-0.39, 0.29) is 17.3 Å². The monoisotopic (exact) mass is 431 g/mol. The molecule has 3 N–H and O–H groups in total. The normalized spacial score (nSPS) is 21.3.